The minimum atomic E-state index is -0.249. The summed E-state index contributed by atoms with van der Waals surface area (Å²) < 4.78 is 20.3. The molecule has 0 amide bonds. The lowest BCUT2D eigenvalue weighted by molar-refractivity contribution is 0.190. The van der Waals surface area contributed by atoms with Crippen molar-refractivity contribution < 1.29 is 9.13 Å². The van der Waals surface area contributed by atoms with Crippen molar-refractivity contribution >= 4 is 11.0 Å². The molecule has 1 atom stereocenters. The number of halogens is 1. The summed E-state index contributed by atoms with van der Waals surface area (Å²) in [7, 11) is 1.68. The van der Waals surface area contributed by atoms with Gasteiger partial charge in [0, 0.05) is 20.3 Å². The number of fused-ring (bicyclic) bond motifs is 1. The molecule has 0 saturated heterocycles. The van der Waals surface area contributed by atoms with Crippen molar-refractivity contribution in [2.75, 3.05) is 13.7 Å². The monoisotopic (exact) mass is 265 g/mol. The zero-order chi connectivity index (χ0) is 13.8. The predicted molar refractivity (Wildman–Crippen MR) is 73.4 cm³/mol. The van der Waals surface area contributed by atoms with Gasteiger partial charge in [0.2, 0.25) is 0 Å². The zero-order valence-electron chi connectivity index (χ0n) is 11.4. The highest BCUT2D eigenvalue weighted by Crippen LogP contribution is 2.23. The summed E-state index contributed by atoms with van der Waals surface area (Å²) in [6.45, 7) is 3.43. The van der Waals surface area contributed by atoms with Gasteiger partial charge in [-0.25, -0.2) is 9.37 Å². The van der Waals surface area contributed by atoms with E-state index in [1.54, 1.807) is 13.2 Å². The van der Waals surface area contributed by atoms with Crippen molar-refractivity contribution in [3.63, 3.8) is 0 Å². The third-order valence-electron chi connectivity index (χ3n) is 3.25. The van der Waals surface area contributed by atoms with Crippen LogP contribution in [0.1, 0.15) is 31.6 Å². The molecule has 2 N–H and O–H groups in total. The van der Waals surface area contributed by atoms with Crippen LogP contribution in [0.25, 0.3) is 11.0 Å². The second kappa shape index (κ2) is 6.12. The Kier molecular flexibility index (Phi) is 4.50. The van der Waals surface area contributed by atoms with Gasteiger partial charge >= 0.3 is 0 Å². The molecule has 0 fully saturated rings. The average molecular weight is 265 g/mol. The molecule has 0 aliphatic carbocycles. The van der Waals surface area contributed by atoms with Gasteiger partial charge < -0.3 is 15.0 Å². The van der Waals surface area contributed by atoms with E-state index >= 15 is 0 Å². The van der Waals surface area contributed by atoms with E-state index in [2.05, 4.69) is 4.98 Å². The van der Waals surface area contributed by atoms with Crippen LogP contribution in [0.5, 0.6) is 0 Å². The number of imidazole rings is 1. The number of hydrogen-bond acceptors (Lipinski definition) is 3. The lowest BCUT2D eigenvalue weighted by atomic mass is 10.1. The molecular weight excluding hydrogens is 245 g/mol. The molecule has 1 unspecified atom stereocenters. The van der Waals surface area contributed by atoms with Crippen LogP contribution >= 0.6 is 0 Å². The molecule has 2 aromatic rings. The third kappa shape index (κ3) is 2.93. The number of benzene rings is 1. The van der Waals surface area contributed by atoms with Crippen LogP contribution in [0.2, 0.25) is 0 Å². The predicted octanol–water partition coefficient (Wildman–Crippen LogP) is 2.62. The van der Waals surface area contributed by atoms with E-state index in [0.29, 0.717) is 6.61 Å². The fraction of sp³-hybridized carbons (Fsp3) is 0.500. The maximum Gasteiger partial charge on any atom is 0.126 e. The van der Waals surface area contributed by atoms with Gasteiger partial charge in [-0.1, -0.05) is 0 Å². The molecule has 0 saturated carbocycles. The van der Waals surface area contributed by atoms with Crippen LogP contribution in [0.15, 0.2) is 18.2 Å². The largest absolute Gasteiger partial charge is 0.385 e. The van der Waals surface area contributed by atoms with Crippen molar-refractivity contribution in [2.45, 2.75) is 32.4 Å². The smallest absolute Gasteiger partial charge is 0.126 e. The average Bonchev–Trinajstić information content (AvgIpc) is 2.76. The van der Waals surface area contributed by atoms with Crippen molar-refractivity contribution in [1.82, 2.24) is 9.55 Å². The normalized spacial score (nSPS) is 13.1. The molecule has 2 rings (SSSR count). The van der Waals surface area contributed by atoms with Crippen LogP contribution in [-0.4, -0.2) is 23.3 Å². The van der Waals surface area contributed by atoms with Crippen molar-refractivity contribution in [3.05, 3.63) is 29.8 Å². The first kappa shape index (κ1) is 14.0. The molecule has 0 spiro atoms. The highest BCUT2D eigenvalue weighted by molar-refractivity contribution is 5.76. The lowest BCUT2D eigenvalue weighted by Gasteiger charge is -2.13. The highest BCUT2D eigenvalue weighted by atomic mass is 19.1. The lowest BCUT2D eigenvalue weighted by Crippen LogP contribution is -2.17. The Morgan fingerprint density at radius 2 is 2.26 bits per heavy atom. The summed E-state index contributed by atoms with van der Waals surface area (Å²) in [5.41, 5.74) is 7.78. The molecule has 1 aromatic heterocycles. The summed E-state index contributed by atoms with van der Waals surface area (Å²) >= 11 is 0. The molecule has 5 heteroatoms. The molecule has 104 valence electrons. The first-order chi connectivity index (χ1) is 9.17. The number of aromatic nitrogens is 2. The van der Waals surface area contributed by atoms with Gasteiger partial charge in [-0.2, -0.15) is 0 Å². The summed E-state index contributed by atoms with van der Waals surface area (Å²) in [4.78, 5) is 4.53. The van der Waals surface area contributed by atoms with E-state index in [1.807, 2.05) is 11.5 Å². The molecule has 1 heterocycles. The van der Waals surface area contributed by atoms with Crippen LogP contribution in [0, 0.1) is 5.82 Å². The van der Waals surface area contributed by atoms with E-state index < -0.39 is 0 Å². The molecule has 0 radical (unpaired) electrons. The second-order valence-electron chi connectivity index (χ2n) is 4.59. The maximum absolute atomic E-state index is 13.3. The first-order valence-electron chi connectivity index (χ1n) is 6.57. The van der Waals surface area contributed by atoms with Crippen molar-refractivity contribution in [2.24, 2.45) is 5.73 Å². The SMILES string of the molecule is CCn1c(C(N)CCCOC)nc2ccc(F)cc21. The van der Waals surface area contributed by atoms with E-state index in [9.17, 15) is 4.39 Å². The Labute approximate surface area is 112 Å². The number of hydrogen-bond donors (Lipinski definition) is 1. The molecular formula is C14H20FN3O. The van der Waals surface area contributed by atoms with Gasteiger partial charge in [-0.05, 0) is 38.0 Å². The first-order valence-corrected chi connectivity index (χ1v) is 6.57. The summed E-state index contributed by atoms with van der Waals surface area (Å²) in [6, 6.07) is 4.49. The Morgan fingerprint density at radius 3 is 2.95 bits per heavy atom. The minimum absolute atomic E-state index is 0.148. The third-order valence-corrected chi connectivity index (χ3v) is 3.25. The van der Waals surface area contributed by atoms with Crippen molar-refractivity contribution in [1.29, 1.82) is 0 Å². The van der Waals surface area contributed by atoms with Crippen molar-refractivity contribution in [3.8, 4) is 0 Å². The van der Waals surface area contributed by atoms with Gasteiger partial charge in [0.1, 0.15) is 11.6 Å². The number of nitrogens with zero attached hydrogens (tertiary/aromatic N) is 2. The number of methoxy groups -OCH3 is 1. The number of ether oxygens (including phenoxy) is 1. The number of nitrogens with two attached hydrogens (primary N) is 1. The molecule has 19 heavy (non-hydrogen) atoms. The Bertz CT molecular complexity index is 553. The van der Waals surface area contributed by atoms with Crippen LogP contribution in [-0.2, 0) is 11.3 Å². The second-order valence-corrected chi connectivity index (χ2v) is 4.59. The Hall–Kier alpha value is -1.46. The highest BCUT2D eigenvalue weighted by Gasteiger charge is 2.16. The molecule has 0 bridgehead atoms. The maximum atomic E-state index is 13.3. The van der Waals surface area contributed by atoms with Gasteiger partial charge in [-0.15, -0.1) is 0 Å². The van der Waals surface area contributed by atoms with Gasteiger partial charge in [0.05, 0.1) is 17.1 Å². The van der Waals surface area contributed by atoms with Crippen LogP contribution in [0.4, 0.5) is 4.39 Å². The van der Waals surface area contributed by atoms with Gasteiger partial charge in [0.25, 0.3) is 0 Å². The fourth-order valence-electron chi connectivity index (χ4n) is 2.31. The summed E-state index contributed by atoms with van der Waals surface area (Å²) in [5, 5.41) is 0. The van der Waals surface area contributed by atoms with Crippen LogP contribution < -0.4 is 5.73 Å². The Balaban J connectivity index is 2.31. The standard InChI is InChI=1S/C14H20FN3O/c1-3-18-13-9-10(15)6-7-12(13)17-14(18)11(16)5-4-8-19-2/h6-7,9,11H,3-5,8,16H2,1-2H3. The van der Waals surface area contributed by atoms with E-state index in [-0.39, 0.29) is 11.9 Å². The Morgan fingerprint density at radius 1 is 1.47 bits per heavy atom. The molecule has 0 aliphatic rings. The van der Waals surface area contributed by atoms with Gasteiger partial charge in [-0.3, -0.25) is 0 Å². The number of aryl methyl sites for hydroxylation is 1. The summed E-state index contributed by atoms with van der Waals surface area (Å²) in [5.74, 6) is 0.570. The van der Waals surface area contributed by atoms with E-state index in [1.165, 1.54) is 12.1 Å². The zero-order valence-corrected chi connectivity index (χ0v) is 11.4. The summed E-state index contributed by atoms with van der Waals surface area (Å²) in [6.07, 6.45) is 1.69. The molecule has 0 aliphatic heterocycles. The fourth-order valence-corrected chi connectivity index (χ4v) is 2.31. The van der Waals surface area contributed by atoms with E-state index in [0.717, 1.165) is 36.2 Å². The van der Waals surface area contributed by atoms with Crippen LogP contribution in [0.3, 0.4) is 0 Å². The number of rotatable bonds is 6. The molecule has 4 nitrogen and oxygen atoms in total. The minimum Gasteiger partial charge on any atom is -0.385 e. The van der Waals surface area contributed by atoms with E-state index in [4.69, 9.17) is 10.5 Å². The topological polar surface area (TPSA) is 53.1 Å². The quantitative estimate of drug-likeness (QED) is 0.817. The molecule has 1 aromatic carbocycles. The van der Waals surface area contributed by atoms with Gasteiger partial charge in [0.15, 0.2) is 0 Å².